The fourth-order valence-corrected chi connectivity index (χ4v) is 1.81. The summed E-state index contributed by atoms with van der Waals surface area (Å²) in [5.41, 5.74) is 3.57. The van der Waals surface area contributed by atoms with Crippen molar-refractivity contribution in [3.05, 3.63) is 28.2 Å². The zero-order valence-electron chi connectivity index (χ0n) is 8.42. The van der Waals surface area contributed by atoms with Gasteiger partial charge in [0.2, 0.25) is 0 Å². The minimum Gasteiger partial charge on any atom is -0.394 e. The van der Waals surface area contributed by atoms with E-state index in [0.29, 0.717) is 12.8 Å². The van der Waals surface area contributed by atoms with Crippen molar-refractivity contribution < 1.29 is 13.2 Å². The van der Waals surface area contributed by atoms with Crippen LogP contribution in [-0.4, -0.2) is 4.57 Å². The van der Waals surface area contributed by atoms with Crippen LogP contribution in [0, 0.1) is 0 Å². The van der Waals surface area contributed by atoms with Crippen LogP contribution >= 0.6 is 0 Å². The Balaban J connectivity index is 2.60. The van der Waals surface area contributed by atoms with Gasteiger partial charge in [0.25, 0.3) is 5.56 Å². The van der Waals surface area contributed by atoms with Crippen LogP contribution in [0.25, 0.3) is 0 Å². The van der Waals surface area contributed by atoms with Gasteiger partial charge in [0.05, 0.1) is 5.69 Å². The van der Waals surface area contributed by atoms with Gasteiger partial charge in [0.15, 0.2) is 0 Å². The lowest BCUT2D eigenvalue weighted by molar-refractivity contribution is -0.145. The van der Waals surface area contributed by atoms with E-state index in [-0.39, 0.29) is 11.7 Å². The maximum Gasteiger partial charge on any atom is 0.431 e. The average molecular weight is 232 g/mol. The molecule has 0 atom stereocenters. The molecule has 0 radical (unpaired) electrons. The van der Waals surface area contributed by atoms with Gasteiger partial charge in [0.1, 0.15) is 5.69 Å². The highest BCUT2D eigenvalue weighted by Gasteiger charge is 2.37. The van der Waals surface area contributed by atoms with Crippen molar-refractivity contribution >= 4 is 5.69 Å². The Morgan fingerprint density at radius 1 is 1.31 bits per heavy atom. The summed E-state index contributed by atoms with van der Waals surface area (Å²) in [5.74, 6) is 0. The minimum absolute atomic E-state index is 0.139. The van der Waals surface area contributed by atoms with Crippen molar-refractivity contribution in [3.8, 4) is 0 Å². The van der Waals surface area contributed by atoms with Crippen LogP contribution in [0.1, 0.15) is 31.0 Å². The van der Waals surface area contributed by atoms with Gasteiger partial charge in [0, 0.05) is 6.04 Å². The van der Waals surface area contributed by atoms with E-state index in [2.05, 4.69) is 0 Å². The maximum absolute atomic E-state index is 12.7. The predicted molar refractivity (Wildman–Crippen MR) is 53.0 cm³/mol. The highest BCUT2D eigenvalue weighted by atomic mass is 19.4. The van der Waals surface area contributed by atoms with Gasteiger partial charge in [-0.1, -0.05) is 0 Å². The minimum atomic E-state index is -4.51. The Bertz CT molecular complexity index is 460. The second kappa shape index (κ2) is 3.54. The summed E-state index contributed by atoms with van der Waals surface area (Å²) in [6.07, 6.45) is -2.45. The standard InChI is InChI=1S/C10H11F3N2O/c11-10(12,13)8-5-4-7(14)9(16)15(8)6-2-1-3-6/h4-6H,1-3,14H2. The average Bonchev–Trinajstić information content (AvgIpc) is 2.08. The summed E-state index contributed by atoms with van der Waals surface area (Å²) in [6.45, 7) is 0. The van der Waals surface area contributed by atoms with Gasteiger partial charge in [-0.15, -0.1) is 0 Å². The quantitative estimate of drug-likeness (QED) is 0.806. The van der Waals surface area contributed by atoms with E-state index < -0.39 is 17.4 Å². The molecule has 88 valence electrons. The van der Waals surface area contributed by atoms with E-state index in [1.165, 1.54) is 0 Å². The van der Waals surface area contributed by atoms with Crippen LogP contribution in [0.4, 0.5) is 18.9 Å². The third-order valence-electron chi connectivity index (χ3n) is 2.88. The number of nitrogens with two attached hydrogens (primary N) is 1. The molecule has 1 aliphatic carbocycles. The summed E-state index contributed by atoms with van der Waals surface area (Å²) in [4.78, 5) is 11.6. The first-order valence-electron chi connectivity index (χ1n) is 4.99. The topological polar surface area (TPSA) is 48.0 Å². The van der Waals surface area contributed by atoms with E-state index in [1.54, 1.807) is 0 Å². The summed E-state index contributed by atoms with van der Waals surface area (Å²) < 4.78 is 38.8. The van der Waals surface area contributed by atoms with E-state index >= 15 is 0 Å². The Hall–Kier alpha value is -1.46. The van der Waals surface area contributed by atoms with E-state index in [0.717, 1.165) is 23.1 Å². The lowest BCUT2D eigenvalue weighted by atomic mass is 9.92. The number of anilines is 1. The van der Waals surface area contributed by atoms with Gasteiger partial charge in [-0.25, -0.2) is 0 Å². The molecule has 2 rings (SSSR count). The van der Waals surface area contributed by atoms with Crippen molar-refractivity contribution in [1.82, 2.24) is 4.57 Å². The molecule has 0 aliphatic heterocycles. The Labute approximate surface area is 89.7 Å². The van der Waals surface area contributed by atoms with Gasteiger partial charge < -0.3 is 5.73 Å². The summed E-state index contributed by atoms with van der Waals surface area (Å²) in [6, 6.07) is 1.53. The number of pyridine rings is 1. The summed E-state index contributed by atoms with van der Waals surface area (Å²) in [5, 5.41) is 0. The van der Waals surface area contributed by atoms with Crippen LogP contribution < -0.4 is 11.3 Å². The van der Waals surface area contributed by atoms with E-state index in [9.17, 15) is 18.0 Å². The summed E-state index contributed by atoms with van der Waals surface area (Å²) >= 11 is 0. The Morgan fingerprint density at radius 3 is 2.38 bits per heavy atom. The van der Waals surface area contributed by atoms with Gasteiger partial charge in [-0.2, -0.15) is 13.2 Å². The van der Waals surface area contributed by atoms with Gasteiger partial charge >= 0.3 is 6.18 Å². The smallest absolute Gasteiger partial charge is 0.394 e. The predicted octanol–water partition coefficient (Wildman–Crippen LogP) is 2.17. The molecule has 1 heterocycles. The zero-order valence-corrected chi connectivity index (χ0v) is 8.42. The van der Waals surface area contributed by atoms with Crippen molar-refractivity contribution in [2.24, 2.45) is 0 Å². The molecule has 0 saturated heterocycles. The fraction of sp³-hybridized carbons (Fsp3) is 0.500. The number of alkyl halides is 3. The van der Waals surface area contributed by atoms with Crippen LogP contribution in [-0.2, 0) is 6.18 Å². The SMILES string of the molecule is Nc1ccc(C(F)(F)F)n(C2CCC2)c1=O. The molecule has 0 unspecified atom stereocenters. The van der Waals surface area contributed by atoms with Crippen molar-refractivity contribution in [2.45, 2.75) is 31.5 Å². The molecule has 3 nitrogen and oxygen atoms in total. The molecule has 2 N–H and O–H groups in total. The van der Waals surface area contributed by atoms with Crippen molar-refractivity contribution in [3.63, 3.8) is 0 Å². The van der Waals surface area contributed by atoms with E-state index in [4.69, 9.17) is 5.73 Å². The molecule has 0 amide bonds. The van der Waals surface area contributed by atoms with Crippen molar-refractivity contribution in [1.29, 1.82) is 0 Å². The molecule has 1 saturated carbocycles. The molecule has 0 spiro atoms. The monoisotopic (exact) mass is 232 g/mol. The molecule has 1 aromatic rings. The Morgan fingerprint density at radius 2 is 1.94 bits per heavy atom. The molecule has 1 aromatic heterocycles. The van der Waals surface area contributed by atoms with Gasteiger partial charge in [-0.3, -0.25) is 9.36 Å². The third-order valence-corrected chi connectivity index (χ3v) is 2.88. The van der Waals surface area contributed by atoms with Crippen LogP contribution in [0.15, 0.2) is 16.9 Å². The zero-order chi connectivity index (χ0) is 11.9. The molecular weight excluding hydrogens is 221 g/mol. The number of aromatic nitrogens is 1. The Kier molecular flexibility index (Phi) is 2.44. The second-order valence-corrected chi connectivity index (χ2v) is 3.93. The second-order valence-electron chi connectivity index (χ2n) is 3.93. The number of nitrogen functional groups attached to an aromatic ring is 1. The van der Waals surface area contributed by atoms with Gasteiger partial charge in [-0.05, 0) is 31.4 Å². The van der Waals surface area contributed by atoms with Crippen molar-refractivity contribution in [2.75, 3.05) is 5.73 Å². The molecule has 1 aliphatic rings. The number of hydrogen-bond donors (Lipinski definition) is 1. The molecule has 1 fully saturated rings. The lowest BCUT2D eigenvalue weighted by Gasteiger charge is -2.30. The van der Waals surface area contributed by atoms with Crippen LogP contribution in [0.3, 0.4) is 0 Å². The first-order chi connectivity index (χ1) is 7.41. The number of halogens is 3. The van der Waals surface area contributed by atoms with Crippen LogP contribution in [0.5, 0.6) is 0 Å². The third kappa shape index (κ3) is 1.68. The molecule has 0 aromatic carbocycles. The highest BCUT2D eigenvalue weighted by Crippen LogP contribution is 2.36. The number of rotatable bonds is 1. The lowest BCUT2D eigenvalue weighted by Crippen LogP contribution is -2.35. The van der Waals surface area contributed by atoms with Crippen LogP contribution in [0.2, 0.25) is 0 Å². The normalized spacial score (nSPS) is 17.2. The molecule has 6 heteroatoms. The maximum atomic E-state index is 12.7. The highest BCUT2D eigenvalue weighted by molar-refractivity contribution is 5.36. The van der Waals surface area contributed by atoms with E-state index in [1.807, 2.05) is 0 Å². The first kappa shape index (κ1) is 11.0. The fourth-order valence-electron chi connectivity index (χ4n) is 1.81. The molecular formula is C10H11F3N2O. The largest absolute Gasteiger partial charge is 0.431 e. The number of nitrogens with zero attached hydrogens (tertiary/aromatic N) is 1. The molecule has 16 heavy (non-hydrogen) atoms. The molecule has 0 bridgehead atoms. The number of hydrogen-bond acceptors (Lipinski definition) is 2. The first-order valence-corrected chi connectivity index (χ1v) is 4.99. The summed E-state index contributed by atoms with van der Waals surface area (Å²) in [7, 11) is 0.